The molecule has 3 rings (SSSR count). The van der Waals surface area contributed by atoms with Gasteiger partial charge in [0.25, 0.3) is 10.0 Å². The van der Waals surface area contributed by atoms with Gasteiger partial charge in [0.15, 0.2) is 0 Å². The van der Waals surface area contributed by atoms with Gasteiger partial charge in [0, 0.05) is 10.2 Å². The molecule has 0 aliphatic heterocycles. The average Bonchev–Trinajstić information content (AvgIpc) is 2.75. The number of amides is 1. The number of methoxy groups -OCH3 is 1. The topological polar surface area (TPSA) is 75.7 Å². The zero-order valence-electron chi connectivity index (χ0n) is 17.4. The minimum absolute atomic E-state index is 0.0705. The first-order valence-electron chi connectivity index (χ1n) is 9.50. The van der Waals surface area contributed by atoms with Gasteiger partial charge in [0.2, 0.25) is 5.91 Å². The van der Waals surface area contributed by atoms with E-state index < -0.39 is 15.9 Å². The Bertz CT molecular complexity index is 1180. The molecule has 3 aromatic carbocycles. The van der Waals surface area contributed by atoms with E-state index in [1.807, 2.05) is 38.1 Å². The van der Waals surface area contributed by atoms with Crippen molar-refractivity contribution in [2.24, 2.45) is 0 Å². The van der Waals surface area contributed by atoms with E-state index in [0.29, 0.717) is 17.1 Å². The minimum Gasteiger partial charge on any atom is -0.497 e. The second-order valence-corrected chi connectivity index (χ2v) is 9.75. The van der Waals surface area contributed by atoms with Crippen LogP contribution in [-0.2, 0) is 14.8 Å². The number of rotatable bonds is 7. The molecule has 0 unspecified atom stereocenters. The number of aryl methyl sites for hydroxylation is 2. The third kappa shape index (κ3) is 5.45. The summed E-state index contributed by atoms with van der Waals surface area (Å²) >= 11 is 3.43. The highest BCUT2D eigenvalue weighted by atomic mass is 79.9. The Labute approximate surface area is 191 Å². The van der Waals surface area contributed by atoms with E-state index in [1.54, 1.807) is 30.3 Å². The molecule has 162 valence electrons. The molecule has 0 aliphatic carbocycles. The van der Waals surface area contributed by atoms with Crippen LogP contribution in [0.15, 0.2) is 76.1 Å². The first-order chi connectivity index (χ1) is 14.7. The number of hydrogen-bond acceptors (Lipinski definition) is 4. The van der Waals surface area contributed by atoms with Crippen LogP contribution in [0.3, 0.4) is 0 Å². The second-order valence-electron chi connectivity index (χ2n) is 7.03. The number of anilines is 2. The van der Waals surface area contributed by atoms with Crippen molar-refractivity contribution >= 4 is 43.2 Å². The third-order valence-electron chi connectivity index (χ3n) is 4.70. The SMILES string of the molecule is COc1ccc(S(=O)(=O)N(CC(=O)Nc2ccc(Br)c(C)c2)c2ccc(C)cc2)cc1. The highest BCUT2D eigenvalue weighted by Crippen LogP contribution is 2.26. The van der Waals surface area contributed by atoms with E-state index >= 15 is 0 Å². The lowest BCUT2D eigenvalue weighted by molar-refractivity contribution is -0.114. The molecule has 0 bridgehead atoms. The van der Waals surface area contributed by atoms with Crippen molar-refractivity contribution in [2.75, 3.05) is 23.3 Å². The highest BCUT2D eigenvalue weighted by Gasteiger charge is 2.27. The number of hydrogen-bond donors (Lipinski definition) is 1. The van der Waals surface area contributed by atoms with Crippen LogP contribution in [0.4, 0.5) is 11.4 Å². The predicted octanol–water partition coefficient (Wildman–Crippen LogP) is 4.91. The van der Waals surface area contributed by atoms with Gasteiger partial charge in [-0.05, 0) is 74.0 Å². The molecule has 8 heteroatoms. The molecule has 0 fully saturated rings. The maximum atomic E-state index is 13.4. The highest BCUT2D eigenvalue weighted by molar-refractivity contribution is 9.10. The lowest BCUT2D eigenvalue weighted by atomic mass is 10.2. The van der Waals surface area contributed by atoms with Gasteiger partial charge < -0.3 is 10.1 Å². The maximum absolute atomic E-state index is 13.4. The number of sulfonamides is 1. The standard InChI is InChI=1S/C23H23BrN2O4S/c1-16-4-7-19(8-5-16)26(31(28,29)21-11-9-20(30-3)10-12-21)15-23(27)25-18-6-13-22(24)17(2)14-18/h4-14H,15H2,1-3H3,(H,25,27). The summed E-state index contributed by atoms with van der Waals surface area (Å²) in [4.78, 5) is 12.9. The molecule has 1 amide bonds. The summed E-state index contributed by atoms with van der Waals surface area (Å²) in [6, 6.07) is 18.5. The molecule has 6 nitrogen and oxygen atoms in total. The van der Waals surface area contributed by atoms with Crippen LogP contribution in [0.5, 0.6) is 5.75 Å². The summed E-state index contributed by atoms with van der Waals surface area (Å²) in [7, 11) is -2.47. The number of benzene rings is 3. The lowest BCUT2D eigenvalue weighted by Crippen LogP contribution is -2.38. The fourth-order valence-corrected chi connectivity index (χ4v) is 4.62. The predicted molar refractivity (Wildman–Crippen MR) is 126 cm³/mol. The largest absolute Gasteiger partial charge is 0.497 e. The Hall–Kier alpha value is -2.84. The van der Waals surface area contributed by atoms with E-state index in [2.05, 4.69) is 21.2 Å². The Morgan fingerprint density at radius 2 is 1.65 bits per heavy atom. The summed E-state index contributed by atoms with van der Waals surface area (Å²) in [6.07, 6.45) is 0. The maximum Gasteiger partial charge on any atom is 0.264 e. The third-order valence-corrected chi connectivity index (χ3v) is 7.38. The molecule has 0 aromatic heterocycles. The van der Waals surface area contributed by atoms with Crippen LogP contribution in [0.25, 0.3) is 0 Å². The molecule has 0 saturated carbocycles. The van der Waals surface area contributed by atoms with Crippen LogP contribution in [0.2, 0.25) is 0 Å². The molecule has 0 saturated heterocycles. The molecule has 0 heterocycles. The van der Waals surface area contributed by atoms with Gasteiger partial charge in [0.05, 0.1) is 17.7 Å². The summed E-state index contributed by atoms with van der Waals surface area (Å²) < 4.78 is 34.0. The monoisotopic (exact) mass is 502 g/mol. The summed E-state index contributed by atoms with van der Waals surface area (Å²) in [5.41, 5.74) is 2.94. The van der Waals surface area contributed by atoms with Crippen molar-refractivity contribution in [1.29, 1.82) is 0 Å². The Morgan fingerprint density at radius 3 is 2.23 bits per heavy atom. The van der Waals surface area contributed by atoms with Crippen LogP contribution >= 0.6 is 15.9 Å². The Balaban J connectivity index is 1.92. The normalized spacial score (nSPS) is 11.1. The van der Waals surface area contributed by atoms with Gasteiger partial charge in [-0.15, -0.1) is 0 Å². The van der Waals surface area contributed by atoms with E-state index in [1.165, 1.54) is 19.2 Å². The van der Waals surface area contributed by atoms with Gasteiger partial charge in [0.1, 0.15) is 12.3 Å². The number of carbonyl (C=O) groups is 1. The number of nitrogens with zero attached hydrogens (tertiary/aromatic N) is 1. The fraction of sp³-hybridized carbons (Fsp3) is 0.174. The van der Waals surface area contributed by atoms with Crippen LogP contribution in [-0.4, -0.2) is 28.0 Å². The number of nitrogens with one attached hydrogen (secondary N) is 1. The van der Waals surface area contributed by atoms with Gasteiger partial charge in [-0.25, -0.2) is 8.42 Å². The van der Waals surface area contributed by atoms with Crippen molar-refractivity contribution in [3.05, 3.63) is 82.3 Å². The minimum atomic E-state index is -3.98. The molecule has 0 aliphatic rings. The molecular weight excluding hydrogens is 480 g/mol. The van der Waals surface area contributed by atoms with Gasteiger partial charge in [-0.1, -0.05) is 33.6 Å². The molecule has 0 radical (unpaired) electrons. The summed E-state index contributed by atoms with van der Waals surface area (Å²) in [5.74, 6) is 0.101. The van der Waals surface area contributed by atoms with Gasteiger partial charge in [-0.3, -0.25) is 9.10 Å². The Kier molecular flexibility index (Phi) is 7.02. The van der Waals surface area contributed by atoms with Crippen molar-refractivity contribution in [1.82, 2.24) is 0 Å². The molecule has 3 aromatic rings. The van der Waals surface area contributed by atoms with Crippen molar-refractivity contribution in [2.45, 2.75) is 18.7 Å². The van der Waals surface area contributed by atoms with Crippen molar-refractivity contribution in [3.8, 4) is 5.75 Å². The van der Waals surface area contributed by atoms with Gasteiger partial charge in [-0.2, -0.15) is 0 Å². The zero-order chi connectivity index (χ0) is 22.6. The molecule has 1 N–H and O–H groups in total. The van der Waals surface area contributed by atoms with E-state index in [0.717, 1.165) is 19.9 Å². The van der Waals surface area contributed by atoms with Crippen LogP contribution in [0, 0.1) is 13.8 Å². The number of ether oxygens (including phenoxy) is 1. The van der Waals surface area contributed by atoms with E-state index in [9.17, 15) is 13.2 Å². The van der Waals surface area contributed by atoms with Crippen LogP contribution in [0.1, 0.15) is 11.1 Å². The van der Waals surface area contributed by atoms with Gasteiger partial charge >= 0.3 is 0 Å². The average molecular weight is 503 g/mol. The van der Waals surface area contributed by atoms with Crippen molar-refractivity contribution < 1.29 is 17.9 Å². The molecule has 0 atom stereocenters. The number of carbonyl (C=O) groups excluding carboxylic acids is 1. The summed E-state index contributed by atoms with van der Waals surface area (Å²) in [5, 5.41) is 2.78. The molecular formula is C23H23BrN2O4S. The van der Waals surface area contributed by atoms with E-state index in [-0.39, 0.29) is 11.4 Å². The Morgan fingerprint density at radius 1 is 1.00 bits per heavy atom. The zero-order valence-corrected chi connectivity index (χ0v) is 19.8. The first-order valence-corrected chi connectivity index (χ1v) is 11.7. The van der Waals surface area contributed by atoms with Crippen molar-refractivity contribution in [3.63, 3.8) is 0 Å². The molecule has 31 heavy (non-hydrogen) atoms. The smallest absolute Gasteiger partial charge is 0.264 e. The first kappa shape index (κ1) is 22.8. The quantitative estimate of drug-likeness (QED) is 0.497. The second kappa shape index (κ2) is 9.53. The van der Waals surface area contributed by atoms with Crippen LogP contribution < -0.4 is 14.4 Å². The summed E-state index contributed by atoms with van der Waals surface area (Å²) in [6.45, 7) is 3.45. The lowest BCUT2D eigenvalue weighted by Gasteiger charge is -2.24. The number of halogens is 1. The van der Waals surface area contributed by atoms with E-state index in [4.69, 9.17) is 4.74 Å². The molecule has 0 spiro atoms. The fourth-order valence-electron chi connectivity index (χ4n) is 2.95.